The van der Waals surface area contributed by atoms with Crippen LogP contribution >= 0.6 is 0 Å². The first-order valence-electron chi connectivity index (χ1n) is 6.41. The number of hydrogen-bond donors (Lipinski definition) is 2. The van der Waals surface area contributed by atoms with E-state index in [1.54, 1.807) is 0 Å². The summed E-state index contributed by atoms with van der Waals surface area (Å²) in [6, 6.07) is 7.68. The van der Waals surface area contributed by atoms with Crippen molar-refractivity contribution in [3.8, 4) is 5.75 Å². The van der Waals surface area contributed by atoms with Crippen molar-refractivity contribution in [2.75, 3.05) is 26.0 Å². The molecule has 0 unspecified atom stereocenters. The van der Waals surface area contributed by atoms with Crippen LogP contribution < -0.4 is 14.8 Å². The van der Waals surface area contributed by atoms with Crippen molar-refractivity contribution in [2.45, 2.75) is 13.5 Å². The molecule has 0 heterocycles. The molecule has 1 aromatic carbocycles. The van der Waals surface area contributed by atoms with Gasteiger partial charge in [-0.25, -0.2) is 13.1 Å². The Labute approximate surface area is 121 Å². The Balaban J connectivity index is 2.49. The van der Waals surface area contributed by atoms with Crippen LogP contribution in [0, 0.1) is 0 Å². The molecule has 1 aromatic rings. The minimum atomic E-state index is -3.16. The molecule has 0 aromatic heterocycles. The van der Waals surface area contributed by atoms with Crippen LogP contribution in [-0.2, 0) is 16.6 Å². The van der Waals surface area contributed by atoms with Gasteiger partial charge in [0, 0.05) is 18.7 Å². The van der Waals surface area contributed by atoms with Gasteiger partial charge in [0.1, 0.15) is 12.4 Å². The first kappa shape index (κ1) is 16.7. The lowest BCUT2D eigenvalue weighted by Crippen LogP contribution is -2.29. The van der Waals surface area contributed by atoms with Crippen molar-refractivity contribution in [3.63, 3.8) is 0 Å². The standard InChI is InChI=1S/C14H22N2O3S/c1-12(2)11-19-14-7-5-4-6-13(14)10-16-8-9-20(17,18)15-3/h4-7,15-16H,1,8-11H2,2-3H3. The SMILES string of the molecule is C=C(C)COc1ccccc1CNCCS(=O)(=O)NC. The van der Waals surface area contributed by atoms with Gasteiger partial charge in [-0.2, -0.15) is 0 Å². The van der Waals surface area contributed by atoms with Gasteiger partial charge in [-0.1, -0.05) is 24.8 Å². The smallest absolute Gasteiger partial charge is 0.212 e. The van der Waals surface area contributed by atoms with E-state index in [0.717, 1.165) is 16.9 Å². The highest BCUT2D eigenvalue weighted by atomic mass is 32.2. The molecule has 20 heavy (non-hydrogen) atoms. The molecule has 2 N–H and O–H groups in total. The fourth-order valence-corrected chi connectivity index (χ4v) is 2.14. The van der Waals surface area contributed by atoms with Crippen LogP contribution in [0.3, 0.4) is 0 Å². The van der Waals surface area contributed by atoms with E-state index in [4.69, 9.17) is 4.74 Å². The van der Waals surface area contributed by atoms with Crippen molar-refractivity contribution in [1.82, 2.24) is 10.0 Å². The normalized spacial score (nSPS) is 11.3. The summed E-state index contributed by atoms with van der Waals surface area (Å²) in [6.07, 6.45) is 0. The van der Waals surface area contributed by atoms with E-state index in [1.807, 2.05) is 31.2 Å². The molecule has 0 atom stereocenters. The molecule has 5 nitrogen and oxygen atoms in total. The monoisotopic (exact) mass is 298 g/mol. The predicted octanol–water partition coefficient (Wildman–Crippen LogP) is 1.28. The Kier molecular flexibility index (Phi) is 6.70. The summed E-state index contributed by atoms with van der Waals surface area (Å²) in [5.74, 6) is 0.845. The Morgan fingerprint density at radius 2 is 2.05 bits per heavy atom. The molecule has 0 radical (unpaired) electrons. The first-order valence-corrected chi connectivity index (χ1v) is 8.07. The molecule has 0 aliphatic carbocycles. The van der Waals surface area contributed by atoms with E-state index >= 15 is 0 Å². The maximum Gasteiger partial charge on any atom is 0.212 e. The zero-order chi connectivity index (χ0) is 15.0. The molecule has 112 valence electrons. The molecule has 6 heteroatoms. The number of benzene rings is 1. The van der Waals surface area contributed by atoms with Gasteiger partial charge in [0.25, 0.3) is 0 Å². The second kappa shape index (κ2) is 8.04. The van der Waals surface area contributed by atoms with Crippen LogP contribution in [0.4, 0.5) is 0 Å². The van der Waals surface area contributed by atoms with Crippen LogP contribution in [0.25, 0.3) is 0 Å². The average molecular weight is 298 g/mol. The highest BCUT2D eigenvalue weighted by Gasteiger charge is 2.07. The van der Waals surface area contributed by atoms with E-state index in [0.29, 0.717) is 19.7 Å². The highest BCUT2D eigenvalue weighted by Crippen LogP contribution is 2.18. The predicted molar refractivity (Wildman–Crippen MR) is 81.3 cm³/mol. The van der Waals surface area contributed by atoms with Crippen LogP contribution in [0.2, 0.25) is 0 Å². The van der Waals surface area contributed by atoms with Crippen molar-refractivity contribution < 1.29 is 13.2 Å². The fourth-order valence-electron chi connectivity index (χ4n) is 1.52. The third-order valence-corrected chi connectivity index (χ3v) is 3.98. The van der Waals surface area contributed by atoms with Crippen LogP contribution in [-0.4, -0.2) is 34.4 Å². The van der Waals surface area contributed by atoms with Crippen molar-refractivity contribution in [2.24, 2.45) is 0 Å². The van der Waals surface area contributed by atoms with Gasteiger partial charge in [-0.05, 0) is 25.6 Å². The molecule has 0 aliphatic rings. The number of sulfonamides is 1. The second-order valence-corrected chi connectivity index (χ2v) is 6.60. The lowest BCUT2D eigenvalue weighted by Gasteiger charge is -2.12. The minimum Gasteiger partial charge on any atom is -0.489 e. The molecule has 1 rings (SSSR count). The molecule has 0 bridgehead atoms. The van der Waals surface area contributed by atoms with E-state index < -0.39 is 10.0 Å². The lowest BCUT2D eigenvalue weighted by atomic mass is 10.2. The topological polar surface area (TPSA) is 67.4 Å². The Morgan fingerprint density at radius 3 is 2.70 bits per heavy atom. The lowest BCUT2D eigenvalue weighted by molar-refractivity contribution is 0.348. The number of nitrogens with one attached hydrogen (secondary N) is 2. The largest absolute Gasteiger partial charge is 0.489 e. The van der Waals surface area contributed by atoms with Crippen LogP contribution in [0.15, 0.2) is 36.4 Å². The van der Waals surface area contributed by atoms with Gasteiger partial charge in [-0.15, -0.1) is 0 Å². The Bertz CT molecular complexity index is 541. The summed E-state index contributed by atoms with van der Waals surface area (Å²) in [5, 5.41) is 3.10. The number of ether oxygens (including phenoxy) is 1. The van der Waals surface area contributed by atoms with Gasteiger partial charge in [0.05, 0.1) is 5.75 Å². The molecular formula is C14H22N2O3S. The maximum atomic E-state index is 11.3. The first-order chi connectivity index (χ1) is 9.44. The quantitative estimate of drug-likeness (QED) is 0.532. The molecule has 0 saturated heterocycles. The van der Waals surface area contributed by atoms with E-state index in [1.165, 1.54) is 7.05 Å². The fraction of sp³-hybridized carbons (Fsp3) is 0.429. The van der Waals surface area contributed by atoms with Gasteiger partial charge in [0.15, 0.2) is 0 Å². The maximum absolute atomic E-state index is 11.3. The highest BCUT2D eigenvalue weighted by molar-refractivity contribution is 7.89. The van der Waals surface area contributed by atoms with Crippen molar-refractivity contribution in [1.29, 1.82) is 0 Å². The number of para-hydroxylation sites is 1. The third-order valence-electron chi connectivity index (χ3n) is 2.62. The van der Waals surface area contributed by atoms with E-state index in [-0.39, 0.29) is 5.75 Å². The third kappa shape index (κ3) is 6.18. The summed E-state index contributed by atoms with van der Waals surface area (Å²) in [6.45, 7) is 7.13. The van der Waals surface area contributed by atoms with Gasteiger partial charge in [0.2, 0.25) is 10.0 Å². The Hall–Kier alpha value is -1.37. The number of rotatable bonds is 9. The summed E-state index contributed by atoms with van der Waals surface area (Å²) in [4.78, 5) is 0. The van der Waals surface area contributed by atoms with Gasteiger partial charge in [-0.3, -0.25) is 0 Å². The van der Waals surface area contributed by atoms with E-state index in [9.17, 15) is 8.42 Å². The summed E-state index contributed by atoms with van der Waals surface area (Å²) < 4.78 is 30.5. The van der Waals surface area contributed by atoms with Crippen molar-refractivity contribution in [3.05, 3.63) is 42.0 Å². The van der Waals surface area contributed by atoms with Crippen LogP contribution in [0.5, 0.6) is 5.75 Å². The molecule has 0 spiro atoms. The minimum absolute atomic E-state index is 0.0539. The zero-order valence-electron chi connectivity index (χ0n) is 12.0. The van der Waals surface area contributed by atoms with Crippen molar-refractivity contribution >= 4 is 10.0 Å². The summed E-state index contributed by atoms with van der Waals surface area (Å²) >= 11 is 0. The summed E-state index contributed by atoms with van der Waals surface area (Å²) in [5.41, 5.74) is 1.95. The summed E-state index contributed by atoms with van der Waals surface area (Å²) in [7, 11) is -1.75. The average Bonchev–Trinajstić information content (AvgIpc) is 2.42. The molecule has 0 saturated carbocycles. The Morgan fingerprint density at radius 1 is 1.35 bits per heavy atom. The van der Waals surface area contributed by atoms with Gasteiger partial charge >= 0.3 is 0 Å². The molecule has 0 amide bonds. The van der Waals surface area contributed by atoms with E-state index in [2.05, 4.69) is 16.6 Å². The molecular weight excluding hydrogens is 276 g/mol. The zero-order valence-corrected chi connectivity index (χ0v) is 12.8. The molecule has 0 aliphatic heterocycles. The number of hydrogen-bond acceptors (Lipinski definition) is 4. The van der Waals surface area contributed by atoms with Gasteiger partial charge < -0.3 is 10.1 Å². The molecule has 0 fully saturated rings. The van der Waals surface area contributed by atoms with Crippen LogP contribution in [0.1, 0.15) is 12.5 Å². The second-order valence-electron chi connectivity index (χ2n) is 4.55.